The van der Waals surface area contributed by atoms with Gasteiger partial charge in [-0.1, -0.05) is 18.2 Å². The van der Waals surface area contributed by atoms with Gasteiger partial charge in [-0.25, -0.2) is 4.98 Å². The van der Waals surface area contributed by atoms with Crippen LogP contribution in [0.25, 0.3) is 0 Å². The fourth-order valence-electron chi connectivity index (χ4n) is 1.55. The van der Waals surface area contributed by atoms with Crippen molar-refractivity contribution in [3.8, 4) is 5.75 Å². The van der Waals surface area contributed by atoms with Crippen LogP contribution in [0.1, 0.15) is 23.2 Å². The molecule has 18 heavy (non-hydrogen) atoms. The fraction of sp³-hybridized carbons (Fsp3) is 0.231. The third kappa shape index (κ3) is 2.68. The molecule has 1 aliphatic rings. The van der Waals surface area contributed by atoms with Crippen molar-refractivity contribution < 1.29 is 9.53 Å². The number of hydrogen-bond acceptors (Lipinski definition) is 5. The number of rotatable bonds is 4. The Hall–Kier alpha value is -1.88. The zero-order chi connectivity index (χ0) is 12.4. The molecule has 1 aromatic heterocycles. The largest absolute Gasteiger partial charge is 0.426 e. The number of carbonyl (C=O) groups is 1. The lowest BCUT2D eigenvalue weighted by molar-refractivity contribution is -0.133. The Kier molecular flexibility index (Phi) is 2.98. The lowest BCUT2D eigenvalue weighted by atomic mass is 10.3. The molecule has 1 aliphatic carbocycles. The van der Waals surface area contributed by atoms with Crippen molar-refractivity contribution in [1.82, 2.24) is 9.36 Å². The quantitative estimate of drug-likeness (QED) is 0.480. The number of carbonyl (C=O) groups excluding carboxylic acids is 1. The van der Waals surface area contributed by atoms with E-state index in [0.29, 0.717) is 16.7 Å². The van der Waals surface area contributed by atoms with E-state index in [4.69, 9.17) is 4.74 Å². The van der Waals surface area contributed by atoms with E-state index in [1.807, 2.05) is 18.2 Å². The van der Waals surface area contributed by atoms with Crippen molar-refractivity contribution in [2.75, 3.05) is 0 Å². The van der Waals surface area contributed by atoms with Crippen molar-refractivity contribution in [3.63, 3.8) is 0 Å². The third-order valence-corrected chi connectivity index (χ3v) is 3.28. The molecule has 90 valence electrons. The molecular formula is C13H11N2O2S+. The maximum Gasteiger partial charge on any atom is 0.318 e. The van der Waals surface area contributed by atoms with Crippen molar-refractivity contribution in [2.24, 2.45) is 0 Å². The zero-order valence-electron chi connectivity index (χ0n) is 9.57. The highest BCUT2D eigenvalue weighted by Gasteiger charge is 2.41. The van der Waals surface area contributed by atoms with Gasteiger partial charge >= 0.3 is 5.97 Å². The van der Waals surface area contributed by atoms with Gasteiger partial charge in [0.2, 0.25) is 0 Å². The van der Waals surface area contributed by atoms with E-state index in [1.165, 1.54) is 11.5 Å². The van der Waals surface area contributed by atoms with Gasteiger partial charge in [0, 0.05) is 0 Å². The van der Waals surface area contributed by atoms with Crippen LogP contribution < -0.4 is 4.74 Å². The Morgan fingerprint density at radius 1 is 1.44 bits per heavy atom. The summed E-state index contributed by atoms with van der Waals surface area (Å²) < 4.78 is 9.43. The van der Waals surface area contributed by atoms with E-state index in [2.05, 4.69) is 15.8 Å². The number of aromatic nitrogens is 2. The van der Waals surface area contributed by atoms with E-state index in [1.54, 1.807) is 12.1 Å². The summed E-state index contributed by atoms with van der Waals surface area (Å²) in [6.45, 7) is 0. The molecule has 0 saturated heterocycles. The maximum atomic E-state index is 11.7. The maximum absolute atomic E-state index is 11.7. The van der Waals surface area contributed by atoms with Gasteiger partial charge in [0.05, 0.1) is 12.8 Å². The van der Waals surface area contributed by atoms with Crippen molar-refractivity contribution in [2.45, 2.75) is 18.8 Å². The lowest BCUT2D eigenvalue weighted by Gasteiger charge is -2.01. The van der Waals surface area contributed by atoms with Gasteiger partial charge in [-0.2, -0.15) is 4.37 Å². The van der Waals surface area contributed by atoms with Crippen LogP contribution in [0.4, 0.5) is 0 Å². The van der Waals surface area contributed by atoms with Gasteiger partial charge in [0.15, 0.2) is 11.7 Å². The van der Waals surface area contributed by atoms with E-state index >= 15 is 0 Å². The van der Waals surface area contributed by atoms with Crippen LogP contribution in [0.15, 0.2) is 30.3 Å². The van der Waals surface area contributed by atoms with Gasteiger partial charge in [-0.05, 0) is 23.7 Å². The smallest absolute Gasteiger partial charge is 0.318 e. The van der Waals surface area contributed by atoms with Crippen molar-refractivity contribution >= 4 is 17.5 Å². The van der Waals surface area contributed by atoms with Crippen LogP contribution in [0.2, 0.25) is 0 Å². The minimum absolute atomic E-state index is 0.180. The molecule has 1 fully saturated rings. The van der Waals surface area contributed by atoms with Crippen LogP contribution in [-0.4, -0.2) is 15.3 Å². The Bertz CT molecular complexity index is 549. The summed E-state index contributed by atoms with van der Waals surface area (Å²) in [5.41, 5.74) is 0. The average Bonchev–Trinajstić information content (AvgIpc) is 3.12. The minimum atomic E-state index is -0.302. The minimum Gasteiger partial charge on any atom is -0.426 e. The Labute approximate surface area is 109 Å². The summed E-state index contributed by atoms with van der Waals surface area (Å²) in [4.78, 5) is 16.0. The number of ether oxygens (including phenoxy) is 1. The lowest BCUT2D eigenvalue weighted by Crippen LogP contribution is -2.11. The molecule has 0 bridgehead atoms. The second kappa shape index (κ2) is 4.78. The van der Waals surface area contributed by atoms with Crippen LogP contribution in [0.3, 0.4) is 0 Å². The first-order chi connectivity index (χ1) is 8.81. The highest BCUT2D eigenvalue weighted by atomic mass is 32.1. The summed E-state index contributed by atoms with van der Waals surface area (Å²) in [6, 6.07) is 9.04. The van der Waals surface area contributed by atoms with Gasteiger partial charge in [0.1, 0.15) is 17.2 Å². The Morgan fingerprint density at radius 3 is 2.94 bits per heavy atom. The molecule has 1 unspecified atom stereocenters. The van der Waals surface area contributed by atoms with Crippen LogP contribution in [0.5, 0.6) is 5.75 Å². The standard InChI is InChI=1S/C13H11N2O2S/c16-12(17-10-4-2-1-3-5-10)8-11-14-13(15-18-11)9-6-7-9/h1-6,9H,7-8H2/q+1. The molecule has 5 heteroatoms. The van der Waals surface area contributed by atoms with Gasteiger partial charge in [-0.3, -0.25) is 4.79 Å². The second-order valence-electron chi connectivity index (χ2n) is 4.09. The monoisotopic (exact) mass is 259 g/mol. The van der Waals surface area contributed by atoms with E-state index in [-0.39, 0.29) is 12.4 Å². The molecule has 0 spiro atoms. The van der Waals surface area contributed by atoms with Crippen molar-refractivity contribution in [1.29, 1.82) is 0 Å². The molecular weight excluding hydrogens is 248 g/mol. The molecule has 2 aromatic rings. The third-order valence-electron chi connectivity index (χ3n) is 2.56. The molecule has 0 radical (unpaired) electrons. The molecule has 1 atom stereocenters. The number of nitrogens with zero attached hydrogens (tertiary/aromatic N) is 2. The number of para-hydroxylation sites is 1. The van der Waals surface area contributed by atoms with Gasteiger partial charge in [0.25, 0.3) is 0 Å². The molecule has 1 aromatic carbocycles. The highest BCUT2D eigenvalue weighted by Crippen LogP contribution is 2.37. The number of benzene rings is 1. The SMILES string of the molecule is O=C(Cc1nc(C2[CH+]C2)ns1)Oc1ccccc1. The molecule has 0 N–H and O–H groups in total. The van der Waals surface area contributed by atoms with Crippen molar-refractivity contribution in [3.05, 3.63) is 47.6 Å². The number of hydrogen-bond donors (Lipinski definition) is 0. The van der Waals surface area contributed by atoms with E-state index in [9.17, 15) is 4.79 Å². The first kappa shape index (κ1) is 11.2. The first-order valence-corrected chi connectivity index (χ1v) is 6.50. The summed E-state index contributed by atoms with van der Waals surface area (Å²) >= 11 is 1.27. The topological polar surface area (TPSA) is 52.1 Å². The number of esters is 1. The van der Waals surface area contributed by atoms with E-state index < -0.39 is 0 Å². The molecule has 1 heterocycles. The summed E-state index contributed by atoms with van der Waals surface area (Å²) in [7, 11) is 0. The summed E-state index contributed by atoms with van der Waals surface area (Å²) in [6.07, 6.45) is 3.37. The molecule has 4 nitrogen and oxygen atoms in total. The average molecular weight is 259 g/mol. The second-order valence-corrected chi connectivity index (χ2v) is 4.92. The molecule has 3 rings (SSSR count). The molecule has 0 aliphatic heterocycles. The van der Waals surface area contributed by atoms with E-state index in [0.717, 1.165) is 12.2 Å². The Balaban J connectivity index is 1.59. The predicted octanol–water partition coefficient (Wildman–Crippen LogP) is 2.38. The zero-order valence-corrected chi connectivity index (χ0v) is 10.4. The van der Waals surface area contributed by atoms with Crippen LogP contribution in [0, 0.1) is 6.42 Å². The highest BCUT2D eigenvalue weighted by molar-refractivity contribution is 7.05. The van der Waals surface area contributed by atoms with Gasteiger partial charge in [-0.15, -0.1) is 0 Å². The molecule has 1 saturated carbocycles. The summed E-state index contributed by atoms with van der Waals surface area (Å²) in [5.74, 6) is 1.49. The molecule has 0 amide bonds. The Morgan fingerprint density at radius 2 is 2.22 bits per heavy atom. The summed E-state index contributed by atoms with van der Waals surface area (Å²) in [5, 5.41) is 0.714. The van der Waals surface area contributed by atoms with Gasteiger partial charge < -0.3 is 4.74 Å². The first-order valence-electron chi connectivity index (χ1n) is 5.73. The van der Waals surface area contributed by atoms with Crippen LogP contribution in [-0.2, 0) is 11.2 Å². The normalized spacial score (nSPS) is 17.0. The fourth-order valence-corrected chi connectivity index (χ4v) is 2.24. The van der Waals surface area contributed by atoms with Crippen LogP contribution >= 0.6 is 11.5 Å². The predicted molar refractivity (Wildman–Crippen MR) is 67.3 cm³/mol.